The van der Waals surface area contributed by atoms with Crippen LogP contribution >= 0.6 is 0 Å². The summed E-state index contributed by atoms with van der Waals surface area (Å²) in [5.41, 5.74) is -1.60. The lowest BCUT2D eigenvalue weighted by Crippen LogP contribution is -2.43. The standard InChI is InChI=1S/C16H23N5O4/c1-10(2)7-19-13(12-6-17-18(5)9-12)14(21(24)25)15(22)20(16(19)23)8-11(3)4/h6,9-11H,7-8H2,1-5H3. The second-order valence-electron chi connectivity index (χ2n) is 6.95. The van der Waals surface area contributed by atoms with Gasteiger partial charge in [0, 0.05) is 31.9 Å². The third kappa shape index (κ3) is 3.70. The third-order valence-electron chi connectivity index (χ3n) is 3.66. The molecule has 0 N–H and O–H groups in total. The normalized spacial score (nSPS) is 11.5. The minimum Gasteiger partial charge on any atom is -0.287 e. The maximum absolute atomic E-state index is 12.9. The topological polar surface area (TPSA) is 105 Å². The highest BCUT2D eigenvalue weighted by Gasteiger charge is 2.30. The molecule has 0 bridgehead atoms. The van der Waals surface area contributed by atoms with Gasteiger partial charge in [-0.2, -0.15) is 5.10 Å². The van der Waals surface area contributed by atoms with Crippen molar-refractivity contribution in [2.45, 2.75) is 40.8 Å². The molecule has 9 heteroatoms. The minimum atomic E-state index is -0.873. The number of nitrogens with zero attached hydrogens (tertiary/aromatic N) is 5. The Morgan fingerprint density at radius 1 is 1.12 bits per heavy atom. The Hall–Kier alpha value is -2.71. The fourth-order valence-corrected chi connectivity index (χ4v) is 2.75. The van der Waals surface area contributed by atoms with E-state index in [0.717, 1.165) is 4.57 Å². The average molecular weight is 349 g/mol. The lowest BCUT2D eigenvalue weighted by atomic mass is 10.1. The first-order valence-electron chi connectivity index (χ1n) is 8.14. The number of aryl methyl sites for hydroxylation is 1. The molecule has 0 amide bonds. The zero-order valence-electron chi connectivity index (χ0n) is 15.1. The molecule has 0 aliphatic rings. The van der Waals surface area contributed by atoms with Crippen LogP contribution in [0, 0.1) is 22.0 Å². The fraction of sp³-hybridized carbons (Fsp3) is 0.562. The van der Waals surface area contributed by atoms with Crippen LogP contribution in [0.3, 0.4) is 0 Å². The highest BCUT2D eigenvalue weighted by molar-refractivity contribution is 5.68. The molecule has 0 aromatic carbocycles. The predicted octanol–water partition coefficient (Wildman–Crippen LogP) is 1.63. The molecule has 0 radical (unpaired) electrons. The van der Waals surface area contributed by atoms with Crippen LogP contribution in [0.4, 0.5) is 5.69 Å². The van der Waals surface area contributed by atoms with Crippen molar-refractivity contribution < 1.29 is 4.92 Å². The summed E-state index contributed by atoms with van der Waals surface area (Å²) in [6, 6.07) is 0. The molecule has 0 aliphatic heterocycles. The van der Waals surface area contributed by atoms with Crippen LogP contribution in [0.2, 0.25) is 0 Å². The van der Waals surface area contributed by atoms with E-state index in [1.54, 1.807) is 13.2 Å². The number of nitro groups is 1. The predicted molar refractivity (Wildman–Crippen MR) is 93.5 cm³/mol. The van der Waals surface area contributed by atoms with Gasteiger partial charge in [0.25, 0.3) is 0 Å². The molecule has 136 valence electrons. The summed E-state index contributed by atoms with van der Waals surface area (Å²) in [5.74, 6) is 0.0690. The highest BCUT2D eigenvalue weighted by Crippen LogP contribution is 2.26. The second kappa shape index (κ2) is 7.04. The monoisotopic (exact) mass is 349 g/mol. The lowest BCUT2D eigenvalue weighted by molar-refractivity contribution is -0.386. The molecule has 2 rings (SSSR count). The van der Waals surface area contributed by atoms with Crippen molar-refractivity contribution in [3.63, 3.8) is 0 Å². The average Bonchev–Trinajstić information content (AvgIpc) is 2.91. The molecule has 0 saturated heterocycles. The number of hydrogen-bond acceptors (Lipinski definition) is 5. The second-order valence-corrected chi connectivity index (χ2v) is 6.95. The van der Waals surface area contributed by atoms with Crippen molar-refractivity contribution >= 4 is 5.69 Å². The summed E-state index contributed by atoms with van der Waals surface area (Å²) in [5, 5.41) is 15.7. The van der Waals surface area contributed by atoms with Crippen molar-refractivity contribution in [3.8, 4) is 11.3 Å². The van der Waals surface area contributed by atoms with E-state index >= 15 is 0 Å². The molecule has 0 atom stereocenters. The van der Waals surface area contributed by atoms with Gasteiger partial charge in [-0.1, -0.05) is 27.7 Å². The van der Waals surface area contributed by atoms with Gasteiger partial charge in [-0.05, 0) is 11.8 Å². The van der Waals surface area contributed by atoms with Crippen molar-refractivity contribution in [3.05, 3.63) is 43.3 Å². The Balaban J connectivity index is 2.94. The molecule has 2 aromatic heterocycles. The number of rotatable bonds is 6. The van der Waals surface area contributed by atoms with Gasteiger partial charge in [0.1, 0.15) is 5.69 Å². The molecule has 2 heterocycles. The first-order valence-corrected chi connectivity index (χ1v) is 8.14. The van der Waals surface area contributed by atoms with Crippen LogP contribution in [-0.2, 0) is 20.1 Å². The minimum absolute atomic E-state index is 0.00162. The van der Waals surface area contributed by atoms with Gasteiger partial charge in [-0.15, -0.1) is 0 Å². The zero-order valence-corrected chi connectivity index (χ0v) is 15.1. The summed E-state index contributed by atoms with van der Waals surface area (Å²) < 4.78 is 3.76. The quantitative estimate of drug-likeness (QED) is 0.582. The molecule has 2 aromatic rings. The van der Waals surface area contributed by atoms with Crippen LogP contribution in [-0.4, -0.2) is 23.8 Å². The summed E-state index contributed by atoms with van der Waals surface area (Å²) in [7, 11) is 1.67. The maximum Gasteiger partial charge on any atom is 0.358 e. The van der Waals surface area contributed by atoms with Gasteiger partial charge >= 0.3 is 16.9 Å². The largest absolute Gasteiger partial charge is 0.358 e. The van der Waals surface area contributed by atoms with E-state index < -0.39 is 21.9 Å². The summed E-state index contributed by atoms with van der Waals surface area (Å²) >= 11 is 0. The van der Waals surface area contributed by atoms with E-state index in [1.165, 1.54) is 15.4 Å². The van der Waals surface area contributed by atoms with E-state index in [0.29, 0.717) is 5.56 Å². The molecule has 25 heavy (non-hydrogen) atoms. The molecular weight excluding hydrogens is 326 g/mol. The van der Waals surface area contributed by atoms with E-state index in [1.807, 2.05) is 27.7 Å². The molecule has 0 saturated carbocycles. The maximum atomic E-state index is 12.9. The first kappa shape index (κ1) is 18.6. The Morgan fingerprint density at radius 3 is 2.12 bits per heavy atom. The molecule has 9 nitrogen and oxygen atoms in total. The van der Waals surface area contributed by atoms with Gasteiger partial charge in [0.05, 0.1) is 11.1 Å². The summed E-state index contributed by atoms with van der Waals surface area (Å²) in [4.78, 5) is 36.5. The Kier molecular flexibility index (Phi) is 5.24. The van der Waals surface area contributed by atoms with Gasteiger partial charge in [-0.25, -0.2) is 4.79 Å². The van der Waals surface area contributed by atoms with Crippen LogP contribution in [0.1, 0.15) is 27.7 Å². The highest BCUT2D eigenvalue weighted by atomic mass is 16.6. The van der Waals surface area contributed by atoms with Crippen LogP contribution in [0.15, 0.2) is 22.0 Å². The number of hydrogen-bond donors (Lipinski definition) is 0. The molecule has 0 fully saturated rings. The van der Waals surface area contributed by atoms with E-state index in [9.17, 15) is 19.7 Å². The van der Waals surface area contributed by atoms with Crippen molar-refractivity contribution in [2.24, 2.45) is 18.9 Å². The fourth-order valence-electron chi connectivity index (χ4n) is 2.75. The van der Waals surface area contributed by atoms with Gasteiger partial charge < -0.3 is 0 Å². The Labute approximate surface area is 144 Å². The summed E-state index contributed by atoms with van der Waals surface area (Å²) in [6.45, 7) is 7.90. The SMILES string of the molecule is CC(C)Cn1c(-c2cnn(C)c2)c([N+](=O)[O-])c(=O)n(CC(C)C)c1=O. The Morgan fingerprint density at radius 2 is 1.68 bits per heavy atom. The molecule has 0 spiro atoms. The Bertz CT molecular complexity index is 904. The third-order valence-corrected chi connectivity index (χ3v) is 3.66. The lowest BCUT2D eigenvalue weighted by Gasteiger charge is -2.17. The summed E-state index contributed by atoms with van der Waals surface area (Å²) in [6.07, 6.45) is 2.98. The van der Waals surface area contributed by atoms with Crippen LogP contribution < -0.4 is 11.2 Å². The van der Waals surface area contributed by atoms with Crippen molar-refractivity contribution in [1.29, 1.82) is 0 Å². The first-order chi connectivity index (χ1) is 11.6. The zero-order chi connectivity index (χ0) is 18.9. The van der Waals surface area contributed by atoms with Gasteiger partial charge in [0.2, 0.25) is 0 Å². The van der Waals surface area contributed by atoms with Crippen molar-refractivity contribution in [2.75, 3.05) is 0 Å². The van der Waals surface area contributed by atoms with Crippen LogP contribution in [0.5, 0.6) is 0 Å². The van der Waals surface area contributed by atoms with Crippen LogP contribution in [0.25, 0.3) is 11.3 Å². The van der Waals surface area contributed by atoms with Gasteiger partial charge in [0.15, 0.2) is 0 Å². The molecular formula is C16H23N5O4. The van der Waals surface area contributed by atoms with E-state index in [-0.39, 0.29) is 30.6 Å². The molecule has 0 aliphatic carbocycles. The molecule has 0 unspecified atom stereocenters. The van der Waals surface area contributed by atoms with E-state index in [2.05, 4.69) is 5.10 Å². The van der Waals surface area contributed by atoms with E-state index in [4.69, 9.17) is 0 Å². The number of aromatic nitrogens is 4. The van der Waals surface area contributed by atoms with Gasteiger partial charge in [-0.3, -0.25) is 28.7 Å². The van der Waals surface area contributed by atoms with Crippen molar-refractivity contribution in [1.82, 2.24) is 18.9 Å². The smallest absolute Gasteiger partial charge is 0.287 e.